The van der Waals surface area contributed by atoms with Crippen molar-refractivity contribution < 1.29 is 29.4 Å². The van der Waals surface area contributed by atoms with E-state index in [9.17, 15) is 29.4 Å². The van der Waals surface area contributed by atoms with Gasteiger partial charge in [-0.3, -0.25) is 19.2 Å². The van der Waals surface area contributed by atoms with Gasteiger partial charge in [-0.2, -0.15) is 12.6 Å². The van der Waals surface area contributed by atoms with Gasteiger partial charge in [-0.25, -0.2) is 0 Å². The fourth-order valence-electron chi connectivity index (χ4n) is 7.23. The average molecular weight is 627 g/mol. The first-order chi connectivity index (χ1) is 20.7. The van der Waals surface area contributed by atoms with Crippen LogP contribution in [0.25, 0.3) is 0 Å². The van der Waals surface area contributed by atoms with Crippen LogP contribution in [-0.2, 0) is 51.3 Å². The van der Waals surface area contributed by atoms with Gasteiger partial charge in [0.15, 0.2) is 0 Å². The number of amides is 2. The van der Waals surface area contributed by atoms with E-state index in [0.29, 0.717) is 38.5 Å². The highest BCUT2D eigenvalue weighted by Crippen LogP contribution is 2.34. The first-order valence-corrected chi connectivity index (χ1v) is 16.1. The summed E-state index contributed by atoms with van der Waals surface area (Å²) >= 11 is 4.67. The van der Waals surface area contributed by atoms with Gasteiger partial charge in [0.05, 0.1) is 6.04 Å². The quantitative estimate of drug-likeness (QED) is 0.157. The SMILES string of the molecule is CCC1=C(C)[C@@H](Cc2[nH]c(Cc3[nH]c(CC4NC(=O)[C@H](C)[C@H]4[C@@H](C)S)c(C)c3CCC(=O)O)c(CCC(=O)O)c2C)NC1=O. The van der Waals surface area contributed by atoms with Gasteiger partial charge in [-0.15, -0.1) is 0 Å². The maximum Gasteiger partial charge on any atom is 0.303 e. The Morgan fingerprint density at radius 2 is 1.39 bits per heavy atom. The Morgan fingerprint density at radius 3 is 1.84 bits per heavy atom. The molecule has 0 saturated carbocycles. The summed E-state index contributed by atoms with van der Waals surface area (Å²) in [6.45, 7) is 11.9. The molecule has 240 valence electrons. The molecule has 44 heavy (non-hydrogen) atoms. The standard InChI is InChI=1S/C33H46N4O6S/c1-7-20-15(2)25(36-33(20)43)12-23-16(3)21(8-10-29(38)39)26(34-23)14-27-22(9-11-30(40)41)17(4)24(35-27)13-28-31(19(6)44)18(5)32(42)37-28/h18-19,25,28,31,34-35,44H,7-14H2,1-6H3,(H,36,43)(H,37,42)(H,38,39)(H,40,41)/t18-,19-,25-,28?,31+/m1/s1. The maximum absolute atomic E-state index is 12.6. The van der Waals surface area contributed by atoms with Gasteiger partial charge < -0.3 is 30.8 Å². The number of H-pyrrole nitrogens is 2. The topological polar surface area (TPSA) is 164 Å². The molecular weight excluding hydrogens is 580 g/mol. The fraction of sp³-hybridized carbons (Fsp3) is 0.576. The summed E-state index contributed by atoms with van der Waals surface area (Å²) in [5.41, 5.74) is 9.35. The third kappa shape index (κ3) is 6.92. The lowest BCUT2D eigenvalue weighted by atomic mass is 9.86. The van der Waals surface area contributed by atoms with E-state index >= 15 is 0 Å². The Hall–Kier alpha value is -3.47. The summed E-state index contributed by atoms with van der Waals surface area (Å²) in [6.07, 6.45) is 2.91. The number of aromatic amines is 2. The zero-order valence-corrected chi connectivity index (χ0v) is 27.4. The van der Waals surface area contributed by atoms with Crippen molar-refractivity contribution in [1.29, 1.82) is 0 Å². The van der Waals surface area contributed by atoms with E-state index in [2.05, 4.69) is 33.2 Å². The molecular formula is C33H46N4O6S. The van der Waals surface area contributed by atoms with Gasteiger partial charge in [0, 0.05) is 83.6 Å². The van der Waals surface area contributed by atoms with Gasteiger partial charge >= 0.3 is 11.9 Å². The van der Waals surface area contributed by atoms with Gasteiger partial charge in [-0.1, -0.05) is 20.8 Å². The molecule has 2 aromatic heterocycles. The summed E-state index contributed by atoms with van der Waals surface area (Å²) in [4.78, 5) is 55.3. The number of aliphatic carboxylic acids is 2. The molecule has 0 spiro atoms. The molecule has 4 rings (SSSR count). The Morgan fingerprint density at radius 1 is 0.864 bits per heavy atom. The number of hydrogen-bond acceptors (Lipinski definition) is 5. The molecule has 1 saturated heterocycles. The number of hydrogen-bond donors (Lipinski definition) is 7. The van der Waals surface area contributed by atoms with E-state index < -0.39 is 11.9 Å². The molecule has 2 amide bonds. The van der Waals surface area contributed by atoms with Crippen LogP contribution < -0.4 is 10.6 Å². The normalized spacial score (nSPS) is 22.4. The lowest BCUT2D eigenvalue weighted by Gasteiger charge is -2.24. The van der Waals surface area contributed by atoms with E-state index in [1.54, 1.807) is 0 Å². The number of thiol groups is 1. The number of nitrogens with one attached hydrogen (secondary N) is 4. The molecule has 4 heterocycles. The largest absolute Gasteiger partial charge is 0.481 e. The van der Waals surface area contributed by atoms with E-state index in [1.165, 1.54) is 0 Å². The molecule has 2 aliphatic heterocycles. The van der Waals surface area contributed by atoms with Crippen LogP contribution in [0.2, 0.25) is 0 Å². The summed E-state index contributed by atoms with van der Waals surface area (Å²) < 4.78 is 0. The van der Waals surface area contributed by atoms with Crippen molar-refractivity contribution in [3.05, 3.63) is 56.2 Å². The first-order valence-electron chi connectivity index (χ1n) is 15.5. The van der Waals surface area contributed by atoms with Crippen LogP contribution in [0, 0.1) is 25.7 Å². The second-order valence-corrected chi connectivity index (χ2v) is 13.3. The third-order valence-corrected chi connectivity index (χ3v) is 10.1. The van der Waals surface area contributed by atoms with Crippen LogP contribution in [-0.4, -0.2) is 61.3 Å². The van der Waals surface area contributed by atoms with Crippen molar-refractivity contribution in [3.8, 4) is 0 Å². The molecule has 0 bridgehead atoms. The van der Waals surface area contributed by atoms with Gasteiger partial charge in [-0.05, 0) is 67.9 Å². The van der Waals surface area contributed by atoms with Crippen molar-refractivity contribution in [2.24, 2.45) is 11.8 Å². The molecule has 0 aliphatic carbocycles. The molecule has 1 fully saturated rings. The van der Waals surface area contributed by atoms with E-state index in [-0.39, 0.29) is 53.8 Å². The molecule has 0 radical (unpaired) electrons. The van der Waals surface area contributed by atoms with Crippen molar-refractivity contribution in [1.82, 2.24) is 20.6 Å². The highest BCUT2D eigenvalue weighted by atomic mass is 32.1. The number of carbonyl (C=O) groups excluding carboxylic acids is 2. The Bertz CT molecular complexity index is 1490. The molecule has 1 unspecified atom stereocenters. The zero-order valence-electron chi connectivity index (χ0n) is 26.5. The average Bonchev–Trinajstić information content (AvgIpc) is 3.59. The smallest absolute Gasteiger partial charge is 0.303 e. The molecule has 11 heteroatoms. The monoisotopic (exact) mass is 626 g/mol. The predicted molar refractivity (Wildman–Crippen MR) is 171 cm³/mol. The van der Waals surface area contributed by atoms with Crippen LogP contribution in [0.15, 0.2) is 11.1 Å². The molecule has 0 aromatic carbocycles. The van der Waals surface area contributed by atoms with Gasteiger partial charge in [0.1, 0.15) is 0 Å². The first kappa shape index (κ1) is 33.4. The number of carboxylic acids is 2. The van der Waals surface area contributed by atoms with E-state index in [1.807, 2.05) is 41.5 Å². The number of carbonyl (C=O) groups is 4. The Labute approximate surface area is 264 Å². The summed E-state index contributed by atoms with van der Waals surface area (Å²) in [7, 11) is 0. The lowest BCUT2D eigenvalue weighted by Crippen LogP contribution is -2.34. The molecule has 5 atom stereocenters. The highest BCUT2D eigenvalue weighted by molar-refractivity contribution is 7.80. The number of aromatic nitrogens is 2. The number of rotatable bonds is 14. The zero-order chi connectivity index (χ0) is 32.5. The van der Waals surface area contributed by atoms with Crippen LogP contribution in [0.5, 0.6) is 0 Å². The van der Waals surface area contributed by atoms with Crippen molar-refractivity contribution in [2.45, 2.75) is 110 Å². The van der Waals surface area contributed by atoms with Gasteiger partial charge in [0.25, 0.3) is 0 Å². The summed E-state index contributed by atoms with van der Waals surface area (Å²) in [6, 6.07) is -0.231. The number of carboxylic acid groups (broad SMARTS) is 2. The van der Waals surface area contributed by atoms with Gasteiger partial charge in [0.2, 0.25) is 11.8 Å². The summed E-state index contributed by atoms with van der Waals surface area (Å²) in [5.74, 6) is -1.88. The molecule has 10 nitrogen and oxygen atoms in total. The van der Waals surface area contributed by atoms with Crippen molar-refractivity contribution in [3.63, 3.8) is 0 Å². The van der Waals surface area contributed by atoms with E-state index in [0.717, 1.165) is 56.2 Å². The summed E-state index contributed by atoms with van der Waals surface area (Å²) in [5, 5.41) is 25.2. The second kappa shape index (κ2) is 13.7. The molecule has 2 aromatic rings. The van der Waals surface area contributed by atoms with Crippen molar-refractivity contribution in [2.75, 3.05) is 0 Å². The van der Waals surface area contributed by atoms with Crippen LogP contribution in [0.1, 0.15) is 92.0 Å². The predicted octanol–water partition coefficient (Wildman–Crippen LogP) is 3.96. The molecule has 2 aliphatic rings. The maximum atomic E-state index is 12.6. The Balaban J connectivity index is 1.70. The van der Waals surface area contributed by atoms with Crippen LogP contribution in [0.4, 0.5) is 0 Å². The minimum Gasteiger partial charge on any atom is -0.481 e. The minimum absolute atomic E-state index is 0.0171. The lowest BCUT2D eigenvalue weighted by molar-refractivity contribution is -0.138. The molecule has 6 N–H and O–H groups in total. The minimum atomic E-state index is -0.882. The Kier molecular flexibility index (Phi) is 10.4. The second-order valence-electron chi connectivity index (χ2n) is 12.5. The van der Waals surface area contributed by atoms with Crippen LogP contribution >= 0.6 is 12.6 Å². The van der Waals surface area contributed by atoms with Crippen LogP contribution in [0.3, 0.4) is 0 Å². The van der Waals surface area contributed by atoms with Crippen molar-refractivity contribution >= 4 is 36.4 Å². The third-order valence-electron chi connectivity index (χ3n) is 9.78. The fourth-order valence-corrected chi connectivity index (χ4v) is 7.70. The van der Waals surface area contributed by atoms with E-state index in [4.69, 9.17) is 0 Å². The highest BCUT2D eigenvalue weighted by Gasteiger charge is 2.41.